The van der Waals surface area contributed by atoms with Gasteiger partial charge >= 0.3 is 0 Å². The molecule has 2 aromatic rings. The predicted molar refractivity (Wildman–Crippen MR) is 77.1 cm³/mol. The van der Waals surface area contributed by atoms with E-state index in [1.165, 1.54) is 0 Å². The molecule has 0 bridgehead atoms. The van der Waals surface area contributed by atoms with Gasteiger partial charge in [-0.25, -0.2) is 0 Å². The molecule has 5 heteroatoms. The lowest BCUT2D eigenvalue weighted by Gasteiger charge is -2.23. The topological polar surface area (TPSA) is 56.3 Å². The van der Waals surface area contributed by atoms with Gasteiger partial charge in [0.25, 0.3) is 0 Å². The SMILES string of the molecule is CCNC(c1ccnnc1)c1c(OC)cccc1OC. The van der Waals surface area contributed by atoms with Gasteiger partial charge in [-0.3, -0.25) is 0 Å². The van der Waals surface area contributed by atoms with E-state index >= 15 is 0 Å². The summed E-state index contributed by atoms with van der Waals surface area (Å²) < 4.78 is 11.0. The zero-order valence-corrected chi connectivity index (χ0v) is 12.0. The lowest BCUT2D eigenvalue weighted by Crippen LogP contribution is -2.23. The van der Waals surface area contributed by atoms with E-state index in [-0.39, 0.29) is 6.04 Å². The van der Waals surface area contributed by atoms with Crippen LogP contribution in [-0.2, 0) is 0 Å². The minimum atomic E-state index is -0.0541. The van der Waals surface area contributed by atoms with E-state index in [1.54, 1.807) is 26.6 Å². The number of nitrogens with zero attached hydrogens (tertiary/aromatic N) is 2. The first-order chi connectivity index (χ1) is 9.81. The third kappa shape index (κ3) is 2.88. The summed E-state index contributed by atoms with van der Waals surface area (Å²) >= 11 is 0. The molecule has 0 radical (unpaired) electrons. The Morgan fingerprint density at radius 1 is 1.10 bits per heavy atom. The maximum Gasteiger partial charge on any atom is 0.127 e. The summed E-state index contributed by atoms with van der Waals surface area (Å²) in [5, 5.41) is 11.2. The van der Waals surface area contributed by atoms with Crippen LogP contribution in [0.3, 0.4) is 0 Å². The predicted octanol–water partition coefficient (Wildman–Crippen LogP) is 2.19. The van der Waals surface area contributed by atoms with Gasteiger partial charge in [0.2, 0.25) is 0 Å². The molecule has 0 fully saturated rings. The van der Waals surface area contributed by atoms with Crippen LogP contribution >= 0.6 is 0 Å². The summed E-state index contributed by atoms with van der Waals surface area (Å²) in [6, 6.07) is 7.65. The standard InChI is InChI=1S/C15H19N3O2/c1-4-16-15(11-8-9-17-18-10-11)14-12(19-2)6-5-7-13(14)20-3/h5-10,15-16H,4H2,1-3H3. The molecule has 0 aliphatic heterocycles. The van der Waals surface area contributed by atoms with E-state index in [0.29, 0.717) is 0 Å². The smallest absolute Gasteiger partial charge is 0.127 e. The summed E-state index contributed by atoms with van der Waals surface area (Å²) in [5.41, 5.74) is 1.98. The van der Waals surface area contributed by atoms with Gasteiger partial charge in [0.15, 0.2) is 0 Å². The number of benzene rings is 1. The average molecular weight is 273 g/mol. The second-order valence-corrected chi connectivity index (χ2v) is 4.24. The Balaban J connectivity index is 2.54. The fourth-order valence-electron chi connectivity index (χ4n) is 2.23. The highest BCUT2D eigenvalue weighted by Crippen LogP contribution is 2.36. The summed E-state index contributed by atoms with van der Waals surface area (Å²) in [5.74, 6) is 1.57. The van der Waals surface area contributed by atoms with E-state index in [9.17, 15) is 0 Å². The van der Waals surface area contributed by atoms with Gasteiger partial charge in [0.05, 0.1) is 32.0 Å². The summed E-state index contributed by atoms with van der Waals surface area (Å²) in [4.78, 5) is 0. The van der Waals surface area contributed by atoms with Crippen molar-refractivity contribution in [3.05, 3.63) is 47.8 Å². The van der Waals surface area contributed by atoms with Crippen molar-refractivity contribution < 1.29 is 9.47 Å². The summed E-state index contributed by atoms with van der Waals surface area (Å²) in [6.45, 7) is 2.87. The maximum atomic E-state index is 5.48. The molecule has 106 valence electrons. The number of ether oxygens (including phenoxy) is 2. The van der Waals surface area contributed by atoms with E-state index in [0.717, 1.165) is 29.2 Å². The molecule has 1 unspecified atom stereocenters. The summed E-state index contributed by atoms with van der Waals surface area (Å²) in [6.07, 6.45) is 3.43. The Morgan fingerprint density at radius 2 is 1.80 bits per heavy atom. The molecule has 0 saturated carbocycles. The fraction of sp³-hybridized carbons (Fsp3) is 0.333. The van der Waals surface area contributed by atoms with Crippen molar-refractivity contribution in [2.24, 2.45) is 0 Å². The number of hydrogen-bond acceptors (Lipinski definition) is 5. The first-order valence-electron chi connectivity index (χ1n) is 6.52. The summed E-state index contributed by atoms with van der Waals surface area (Å²) in [7, 11) is 3.32. The Labute approximate surface area is 118 Å². The van der Waals surface area contributed by atoms with Gasteiger partial charge in [0.1, 0.15) is 11.5 Å². The van der Waals surface area contributed by atoms with Gasteiger partial charge < -0.3 is 14.8 Å². The Bertz CT molecular complexity index is 524. The molecule has 5 nitrogen and oxygen atoms in total. The van der Waals surface area contributed by atoms with Crippen LogP contribution in [0.2, 0.25) is 0 Å². The van der Waals surface area contributed by atoms with E-state index < -0.39 is 0 Å². The number of nitrogens with one attached hydrogen (secondary N) is 1. The Morgan fingerprint density at radius 3 is 2.30 bits per heavy atom. The number of aromatic nitrogens is 2. The van der Waals surface area contributed by atoms with Gasteiger partial charge in [0, 0.05) is 6.20 Å². The molecule has 0 aliphatic rings. The van der Waals surface area contributed by atoms with Crippen LogP contribution < -0.4 is 14.8 Å². The van der Waals surface area contributed by atoms with Crippen molar-refractivity contribution in [1.82, 2.24) is 15.5 Å². The highest BCUT2D eigenvalue weighted by Gasteiger charge is 2.22. The zero-order chi connectivity index (χ0) is 14.4. The lowest BCUT2D eigenvalue weighted by molar-refractivity contribution is 0.377. The van der Waals surface area contributed by atoms with E-state index in [2.05, 4.69) is 22.4 Å². The van der Waals surface area contributed by atoms with Crippen LogP contribution in [0, 0.1) is 0 Å². The molecular weight excluding hydrogens is 254 g/mol. The van der Waals surface area contributed by atoms with Crippen LogP contribution in [0.4, 0.5) is 0 Å². The van der Waals surface area contributed by atoms with E-state index in [4.69, 9.17) is 9.47 Å². The van der Waals surface area contributed by atoms with Gasteiger partial charge in [-0.15, -0.1) is 0 Å². The van der Waals surface area contributed by atoms with Crippen molar-refractivity contribution in [2.75, 3.05) is 20.8 Å². The largest absolute Gasteiger partial charge is 0.496 e. The molecule has 0 amide bonds. The molecule has 1 aromatic carbocycles. The molecule has 20 heavy (non-hydrogen) atoms. The molecular formula is C15H19N3O2. The van der Waals surface area contributed by atoms with Crippen LogP contribution in [0.15, 0.2) is 36.7 Å². The van der Waals surface area contributed by atoms with Crippen molar-refractivity contribution >= 4 is 0 Å². The van der Waals surface area contributed by atoms with E-state index in [1.807, 2.05) is 24.3 Å². The first kappa shape index (κ1) is 14.3. The maximum absolute atomic E-state index is 5.48. The molecule has 1 atom stereocenters. The Hall–Kier alpha value is -2.14. The zero-order valence-electron chi connectivity index (χ0n) is 12.0. The quantitative estimate of drug-likeness (QED) is 0.874. The molecule has 1 heterocycles. The number of hydrogen-bond donors (Lipinski definition) is 1. The van der Waals surface area contributed by atoms with Crippen molar-refractivity contribution in [3.63, 3.8) is 0 Å². The highest BCUT2D eigenvalue weighted by atomic mass is 16.5. The highest BCUT2D eigenvalue weighted by molar-refractivity contribution is 5.50. The third-order valence-corrected chi connectivity index (χ3v) is 3.10. The number of rotatable bonds is 6. The fourth-order valence-corrected chi connectivity index (χ4v) is 2.23. The normalized spacial score (nSPS) is 11.9. The monoisotopic (exact) mass is 273 g/mol. The molecule has 0 saturated heterocycles. The second-order valence-electron chi connectivity index (χ2n) is 4.24. The lowest BCUT2D eigenvalue weighted by atomic mass is 9.98. The molecule has 0 aliphatic carbocycles. The van der Waals surface area contributed by atoms with Crippen molar-refractivity contribution in [2.45, 2.75) is 13.0 Å². The Kier molecular flexibility index (Phi) is 4.90. The minimum absolute atomic E-state index is 0.0541. The van der Waals surface area contributed by atoms with Gasteiger partial charge in [-0.2, -0.15) is 10.2 Å². The van der Waals surface area contributed by atoms with Crippen molar-refractivity contribution in [1.29, 1.82) is 0 Å². The first-order valence-corrected chi connectivity index (χ1v) is 6.52. The molecule has 2 rings (SSSR count). The minimum Gasteiger partial charge on any atom is -0.496 e. The molecule has 1 N–H and O–H groups in total. The molecule has 1 aromatic heterocycles. The average Bonchev–Trinajstić information content (AvgIpc) is 2.52. The van der Waals surface area contributed by atoms with Crippen LogP contribution in [0.25, 0.3) is 0 Å². The second kappa shape index (κ2) is 6.86. The van der Waals surface area contributed by atoms with Crippen LogP contribution in [0.5, 0.6) is 11.5 Å². The molecule has 0 spiro atoms. The van der Waals surface area contributed by atoms with Gasteiger partial charge in [-0.1, -0.05) is 13.0 Å². The van der Waals surface area contributed by atoms with Crippen molar-refractivity contribution in [3.8, 4) is 11.5 Å². The number of methoxy groups -OCH3 is 2. The third-order valence-electron chi connectivity index (χ3n) is 3.10. The van der Waals surface area contributed by atoms with Gasteiger partial charge in [-0.05, 0) is 30.3 Å². The van der Waals surface area contributed by atoms with Crippen LogP contribution in [0.1, 0.15) is 24.1 Å². The van der Waals surface area contributed by atoms with Crippen LogP contribution in [-0.4, -0.2) is 31.0 Å².